The first-order valence-electron chi connectivity index (χ1n) is 13.1. The number of carboxylic acids is 1. The number of urea groups is 1. The van der Waals surface area contributed by atoms with E-state index in [0.29, 0.717) is 6.54 Å². The third-order valence-corrected chi connectivity index (χ3v) is 5.86. The number of hydrogen-bond donors (Lipinski definition) is 3. The zero-order valence-corrected chi connectivity index (χ0v) is 20.7. The molecule has 0 spiro atoms. The Kier molecular flexibility index (Phi) is 17.7. The number of allylic oxidation sites excluding steroid dienone is 2. The number of rotatable bonds is 20. The minimum Gasteiger partial charge on any atom is -0.480 e. The second-order valence-corrected chi connectivity index (χ2v) is 8.92. The number of amides is 2. The van der Waals surface area contributed by atoms with Crippen LogP contribution in [0, 0.1) is 0 Å². The van der Waals surface area contributed by atoms with Crippen molar-refractivity contribution in [3.63, 3.8) is 0 Å². The molecular weight excluding hydrogens is 412 g/mol. The van der Waals surface area contributed by atoms with E-state index in [-0.39, 0.29) is 6.42 Å². The summed E-state index contributed by atoms with van der Waals surface area (Å²) in [6.45, 7) is 2.83. The Hall–Kier alpha value is -2.30. The summed E-state index contributed by atoms with van der Waals surface area (Å²) in [5.41, 5.74) is 0.887. The van der Waals surface area contributed by atoms with Crippen LogP contribution in [0.3, 0.4) is 0 Å². The summed E-state index contributed by atoms with van der Waals surface area (Å²) in [6.07, 6.45) is 22.5. The molecule has 0 saturated heterocycles. The van der Waals surface area contributed by atoms with Gasteiger partial charge in [-0.1, -0.05) is 107 Å². The van der Waals surface area contributed by atoms with E-state index in [9.17, 15) is 14.7 Å². The van der Waals surface area contributed by atoms with E-state index in [0.717, 1.165) is 18.4 Å². The third kappa shape index (κ3) is 16.9. The van der Waals surface area contributed by atoms with Crippen molar-refractivity contribution in [1.82, 2.24) is 10.6 Å². The Morgan fingerprint density at radius 2 is 1.36 bits per heavy atom. The Balaban J connectivity index is 1.94. The smallest absolute Gasteiger partial charge is 0.326 e. The van der Waals surface area contributed by atoms with E-state index in [1.54, 1.807) is 0 Å². The van der Waals surface area contributed by atoms with Crippen LogP contribution in [-0.2, 0) is 11.2 Å². The zero-order chi connectivity index (χ0) is 24.0. The lowest BCUT2D eigenvalue weighted by Crippen LogP contribution is -2.47. The van der Waals surface area contributed by atoms with Crippen molar-refractivity contribution in [2.75, 3.05) is 6.54 Å². The number of carbonyl (C=O) groups is 2. The molecule has 0 saturated carbocycles. The highest BCUT2D eigenvalue weighted by Crippen LogP contribution is 2.10. The maximum absolute atomic E-state index is 12.0. The van der Waals surface area contributed by atoms with E-state index in [4.69, 9.17) is 0 Å². The SMILES string of the molecule is CCCCCCCC/C=C\CCCCCCCCNC(=O)N[C@@H](Cc1ccccc1)C(=O)O. The van der Waals surface area contributed by atoms with Crippen molar-refractivity contribution in [2.45, 2.75) is 109 Å². The van der Waals surface area contributed by atoms with E-state index in [1.807, 2.05) is 30.3 Å². The Labute approximate surface area is 201 Å². The summed E-state index contributed by atoms with van der Waals surface area (Å²) in [4.78, 5) is 23.4. The fourth-order valence-corrected chi connectivity index (χ4v) is 3.83. The van der Waals surface area contributed by atoms with Crippen LogP contribution < -0.4 is 10.6 Å². The summed E-state index contributed by atoms with van der Waals surface area (Å²) in [6, 6.07) is 8.00. The molecular formula is C28H46N2O3. The van der Waals surface area contributed by atoms with Crippen LogP contribution in [0.5, 0.6) is 0 Å². The van der Waals surface area contributed by atoms with Gasteiger partial charge in [-0.3, -0.25) is 0 Å². The van der Waals surface area contributed by atoms with Crippen LogP contribution in [0.15, 0.2) is 42.5 Å². The van der Waals surface area contributed by atoms with Gasteiger partial charge < -0.3 is 15.7 Å². The van der Waals surface area contributed by atoms with Crippen LogP contribution in [0.1, 0.15) is 102 Å². The van der Waals surface area contributed by atoms with Crippen LogP contribution >= 0.6 is 0 Å². The van der Waals surface area contributed by atoms with Gasteiger partial charge in [0.25, 0.3) is 0 Å². The number of aliphatic carboxylic acids is 1. The first kappa shape index (κ1) is 28.7. The average molecular weight is 459 g/mol. The highest BCUT2D eigenvalue weighted by atomic mass is 16.4. The molecule has 0 radical (unpaired) electrons. The number of unbranched alkanes of at least 4 members (excludes halogenated alkanes) is 12. The van der Waals surface area contributed by atoms with Crippen molar-refractivity contribution in [1.29, 1.82) is 0 Å². The summed E-state index contributed by atoms with van der Waals surface area (Å²) >= 11 is 0. The predicted molar refractivity (Wildman–Crippen MR) is 138 cm³/mol. The highest BCUT2D eigenvalue weighted by molar-refractivity contribution is 5.82. The van der Waals surface area contributed by atoms with Gasteiger partial charge in [0.1, 0.15) is 6.04 Å². The quantitative estimate of drug-likeness (QED) is 0.145. The van der Waals surface area contributed by atoms with Crippen LogP contribution in [-0.4, -0.2) is 29.7 Å². The number of benzene rings is 1. The minimum atomic E-state index is -1.02. The van der Waals surface area contributed by atoms with Crippen molar-refractivity contribution in [3.05, 3.63) is 48.0 Å². The number of hydrogen-bond acceptors (Lipinski definition) is 2. The second kappa shape index (κ2) is 20.3. The molecule has 33 heavy (non-hydrogen) atoms. The van der Waals surface area contributed by atoms with Crippen molar-refractivity contribution in [2.24, 2.45) is 0 Å². The topological polar surface area (TPSA) is 78.4 Å². The van der Waals surface area contributed by atoms with Crippen molar-refractivity contribution < 1.29 is 14.7 Å². The summed E-state index contributed by atoms with van der Waals surface area (Å²) in [5, 5.41) is 14.7. The van der Waals surface area contributed by atoms with Gasteiger partial charge in [0.15, 0.2) is 0 Å². The maximum Gasteiger partial charge on any atom is 0.326 e. The second-order valence-electron chi connectivity index (χ2n) is 8.92. The van der Waals surface area contributed by atoms with Crippen molar-refractivity contribution in [3.8, 4) is 0 Å². The normalized spacial score (nSPS) is 12.0. The Morgan fingerprint density at radius 1 is 0.818 bits per heavy atom. The summed E-state index contributed by atoms with van der Waals surface area (Å²) in [7, 11) is 0. The first-order chi connectivity index (χ1) is 16.1. The van der Waals surface area contributed by atoms with Gasteiger partial charge in [0.05, 0.1) is 0 Å². The molecule has 1 aromatic rings. The van der Waals surface area contributed by atoms with E-state index in [1.165, 1.54) is 77.0 Å². The molecule has 0 heterocycles. The van der Waals surface area contributed by atoms with Gasteiger partial charge in [-0.05, 0) is 37.7 Å². The standard InChI is InChI=1S/C28H46N2O3/c1-2-3-4-5-6-7-8-9-10-11-12-13-14-15-16-20-23-29-28(33)30-26(27(31)32)24-25-21-18-17-19-22-25/h9-10,17-19,21-22,26H,2-8,11-16,20,23-24H2,1H3,(H,31,32)(H2,29,30,33)/b10-9-/t26-/m0/s1. The maximum atomic E-state index is 12.0. The van der Waals surface area contributed by atoms with Gasteiger partial charge in [-0.25, -0.2) is 9.59 Å². The molecule has 3 N–H and O–H groups in total. The third-order valence-electron chi connectivity index (χ3n) is 5.86. The Morgan fingerprint density at radius 3 is 1.94 bits per heavy atom. The number of nitrogens with one attached hydrogen (secondary N) is 2. The predicted octanol–water partition coefficient (Wildman–Crippen LogP) is 7.02. The van der Waals surface area contributed by atoms with Crippen LogP contribution in [0.2, 0.25) is 0 Å². The molecule has 5 nitrogen and oxygen atoms in total. The highest BCUT2D eigenvalue weighted by Gasteiger charge is 2.19. The molecule has 5 heteroatoms. The first-order valence-corrected chi connectivity index (χ1v) is 13.1. The molecule has 0 aliphatic heterocycles. The Bertz CT molecular complexity index is 646. The van der Waals surface area contributed by atoms with Gasteiger partial charge in [0, 0.05) is 13.0 Å². The molecule has 1 atom stereocenters. The molecule has 0 unspecified atom stereocenters. The van der Waals surface area contributed by atoms with Gasteiger partial charge in [-0.15, -0.1) is 0 Å². The molecule has 0 aliphatic carbocycles. The molecule has 0 fully saturated rings. The molecule has 1 aromatic carbocycles. The lowest BCUT2D eigenvalue weighted by molar-refractivity contribution is -0.139. The lowest BCUT2D eigenvalue weighted by atomic mass is 10.1. The summed E-state index contributed by atoms with van der Waals surface area (Å²) < 4.78 is 0. The summed E-state index contributed by atoms with van der Waals surface area (Å²) in [5.74, 6) is -1.02. The fraction of sp³-hybridized carbons (Fsp3) is 0.643. The van der Waals surface area contributed by atoms with E-state index >= 15 is 0 Å². The minimum absolute atomic E-state index is 0.276. The van der Waals surface area contributed by atoms with E-state index in [2.05, 4.69) is 29.7 Å². The number of carbonyl (C=O) groups excluding carboxylic acids is 1. The molecule has 0 bridgehead atoms. The van der Waals surface area contributed by atoms with Crippen LogP contribution in [0.4, 0.5) is 4.79 Å². The van der Waals surface area contributed by atoms with Crippen LogP contribution in [0.25, 0.3) is 0 Å². The van der Waals surface area contributed by atoms with Gasteiger partial charge in [-0.2, -0.15) is 0 Å². The van der Waals surface area contributed by atoms with Gasteiger partial charge in [0.2, 0.25) is 0 Å². The zero-order valence-electron chi connectivity index (χ0n) is 20.7. The van der Waals surface area contributed by atoms with Gasteiger partial charge >= 0.3 is 12.0 Å². The molecule has 186 valence electrons. The molecule has 0 aliphatic rings. The molecule has 2 amide bonds. The fourth-order valence-electron chi connectivity index (χ4n) is 3.83. The van der Waals surface area contributed by atoms with E-state index < -0.39 is 18.0 Å². The average Bonchev–Trinajstić information content (AvgIpc) is 2.81. The molecule has 0 aromatic heterocycles. The molecule has 1 rings (SSSR count). The number of carboxylic acid groups (broad SMARTS) is 1. The van der Waals surface area contributed by atoms with Crippen molar-refractivity contribution >= 4 is 12.0 Å². The monoisotopic (exact) mass is 458 g/mol. The largest absolute Gasteiger partial charge is 0.480 e. The lowest BCUT2D eigenvalue weighted by Gasteiger charge is -2.15.